The molecule has 0 amide bonds. The Morgan fingerprint density at radius 2 is 1.81 bits per heavy atom. The monoisotopic (exact) mass is 526 g/mol. The average Bonchev–Trinajstić information content (AvgIpc) is 3.07. The van der Waals surface area contributed by atoms with Crippen molar-refractivity contribution in [3.05, 3.63) is 41.1 Å². The number of fused-ring (bicyclic) bond motifs is 1. The first-order valence-electron chi connectivity index (χ1n) is 13.1. The first-order valence-corrected chi connectivity index (χ1v) is 13.1. The van der Waals surface area contributed by atoms with E-state index < -0.39 is 19.0 Å². The first kappa shape index (κ1) is 29.1. The molecule has 1 aliphatic heterocycles. The van der Waals surface area contributed by atoms with Crippen molar-refractivity contribution in [2.24, 2.45) is 18.9 Å². The summed E-state index contributed by atoms with van der Waals surface area (Å²) in [5.74, 6) is 0.908. The number of rotatable bonds is 10. The van der Waals surface area contributed by atoms with Gasteiger partial charge in [0.15, 0.2) is 6.61 Å². The Morgan fingerprint density at radius 3 is 2.49 bits per heavy atom. The van der Waals surface area contributed by atoms with E-state index in [0.29, 0.717) is 31.0 Å². The van der Waals surface area contributed by atoms with E-state index in [0.717, 1.165) is 70.3 Å². The molecule has 0 spiro atoms. The lowest BCUT2D eigenvalue weighted by atomic mass is 9.78. The third-order valence-corrected chi connectivity index (χ3v) is 7.34. The van der Waals surface area contributed by atoms with Crippen LogP contribution in [0.2, 0.25) is 0 Å². The molecule has 1 fully saturated rings. The lowest BCUT2D eigenvalue weighted by Gasteiger charge is -2.30. The Labute approximate surface area is 216 Å². The number of hydrogen-bond donors (Lipinski definition) is 0. The summed E-state index contributed by atoms with van der Waals surface area (Å²) in [4.78, 5) is 19.3. The molecule has 2 aliphatic rings. The molecule has 0 N–H and O–H groups in total. The molecule has 6 nitrogen and oxygen atoms in total. The van der Waals surface area contributed by atoms with Crippen LogP contribution in [0.25, 0.3) is 0 Å². The van der Waals surface area contributed by atoms with E-state index in [-0.39, 0.29) is 18.1 Å². The van der Waals surface area contributed by atoms with Gasteiger partial charge in [-0.2, -0.15) is 4.39 Å². The average molecular weight is 527 g/mol. The van der Waals surface area contributed by atoms with Crippen molar-refractivity contribution in [3.63, 3.8) is 0 Å². The maximum Gasteiger partial charge on any atom is 0.272 e. The number of hydrogen-bond acceptors (Lipinski definition) is 5. The third kappa shape index (κ3) is 9.09. The number of Topliss-reactive ketones (excluding diaryl/α,β-unsaturated/α-hetero) is 1. The van der Waals surface area contributed by atoms with Gasteiger partial charge < -0.3 is 9.64 Å². The molecule has 10 heteroatoms. The molecule has 0 unspecified atom stereocenters. The molecule has 206 valence electrons. The lowest BCUT2D eigenvalue weighted by molar-refractivity contribution is -0.119. The minimum absolute atomic E-state index is 0.0980. The van der Waals surface area contributed by atoms with Crippen LogP contribution in [-0.2, 0) is 31.1 Å². The molecule has 2 aromatic rings. The van der Waals surface area contributed by atoms with Crippen LogP contribution in [0.1, 0.15) is 55.3 Å². The fraction of sp³-hybridized carbons (Fsp3) is 0.667. The topological polar surface area (TPSA) is 60.2 Å². The maximum absolute atomic E-state index is 13.7. The second-order valence-electron chi connectivity index (χ2n) is 10.0. The zero-order chi connectivity index (χ0) is 26.8. The number of nitrogens with zero attached hydrogens (tertiary/aromatic N) is 4. The van der Waals surface area contributed by atoms with Crippen LogP contribution in [0, 0.1) is 17.8 Å². The molecule has 0 bridgehead atoms. The summed E-state index contributed by atoms with van der Waals surface area (Å²) in [6.45, 7) is 2.29. The predicted molar refractivity (Wildman–Crippen MR) is 133 cm³/mol. The van der Waals surface area contributed by atoms with Gasteiger partial charge >= 0.3 is 0 Å². The fourth-order valence-electron chi connectivity index (χ4n) is 5.39. The van der Waals surface area contributed by atoms with Gasteiger partial charge in [-0.3, -0.25) is 13.9 Å². The number of alkyl halides is 3. The number of carbonyl (C=O) groups excluding carboxylic acids is 1. The number of ketones is 1. The summed E-state index contributed by atoms with van der Waals surface area (Å²) in [6.07, 6.45) is 6.99. The van der Waals surface area contributed by atoms with Crippen molar-refractivity contribution in [2.45, 2.75) is 64.2 Å². The van der Waals surface area contributed by atoms with Crippen LogP contribution in [0.3, 0.4) is 0 Å². The standard InChI is InChI=1S/C26H35F3N4O2.CH3F/c1-32-16-21(26(29)31-32)15-22(34)14-19-4-2-18(3-5-19)8-11-33-12-9-20-6-7-25(35-17-24(27)28)30-23(20)10-13-33;1-2/h6-7,16,18-19,24H,2-5,8-15,17H2,1H3;1H3. The molecular weight excluding hydrogens is 488 g/mol. The van der Waals surface area contributed by atoms with Gasteiger partial charge in [0.2, 0.25) is 11.8 Å². The van der Waals surface area contributed by atoms with E-state index in [9.17, 15) is 22.4 Å². The van der Waals surface area contributed by atoms with Crippen molar-refractivity contribution in [3.8, 4) is 5.88 Å². The number of pyridine rings is 1. The Balaban J connectivity index is 0.00000186. The van der Waals surface area contributed by atoms with Gasteiger partial charge in [-0.1, -0.05) is 18.9 Å². The van der Waals surface area contributed by atoms with Crippen LogP contribution >= 0.6 is 0 Å². The zero-order valence-corrected chi connectivity index (χ0v) is 21.8. The number of aromatic nitrogens is 3. The Kier molecular flexibility index (Phi) is 11.4. The molecule has 0 atom stereocenters. The maximum atomic E-state index is 13.7. The second-order valence-corrected chi connectivity index (χ2v) is 10.0. The summed E-state index contributed by atoms with van der Waals surface area (Å²) < 4.78 is 54.5. The minimum atomic E-state index is -2.50. The molecule has 37 heavy (non-hydrogen) atoms. The summed E-state index contributed by atoms with van der Waals surface area (Å²) in [7, 11) is 2.16. The molecular formula is C27H38F4N4O2. The Hall–Kier alpha value is -2.49. The molecule has 4 rings (SSSR count). The van der Waals surface area contributed by atoms with E-state index in [4.69, 9.17) is 4.74 Å². The van der Waals surface area contributed by atoms with Gasteiger partial charge in [0, 0.05) is 62.9 Å². The quantitative estimate of drug-likeness (QED) is 0.409. The fourth-order valence-corrected chi connectivity index (χ4v) is 5.39. The molecule has 0 saturated heterocycles. The van der Waals surface area contributed by atoms with Gasteiger partial charge in [0.25, 0.3) is 6.43 Å². The van der Waals surface area contributed by atoms with Crippen LogP contribution in [0.5, 0.6) is 5.88 Å². The number of aryl methyl sites for hydroxylation is 1. The highest BCUT2D eigenvalue weighted by Crippen LogP contribution is 2.33. The summed E-state index contributed by atoms with van der Waals surface area (Å²) >= 11 is 0. The molecule has 1 aliphatic carbocycles. The highest BCUT2D eigenvalue weighted by molar-refractivity contribution is 5.81. The van der Waals surface area contributed by atoms with Crippen LogP contribution in [-0.4, -0.2) is 65.3 Å². The van der Waals surface area contributed by atoms with E-state index >= 15 is 0 Å². The summed E-state index contributed by atoms with van der Waals surface area (Å²) in [5.41, 5.74) is 2.52. The van der Waals surface area contributed by atoms with Crippen LogP contribution in [0.4, 0.5) is 17.6 Å². The first-order chi connectivity index (χ1) is 17.9. The van der Waals surface area contributed by atoms with Crippen LogP contribution in [0.15, 0.2) is 18.3 Å². The van der Waals surface area contributed by atoms with Crippen LogP contribution < -0.4 is 4.74 Å². The zero-order valence-electron chi connectivity index (χ0n) is 21.8. The number of halogens is 4. The normalized spacial score (nSPS) is 20.1. The third-order valence-electron chi connectivity index (χ3n) is 7.34. The highest BCUT2D eigenvalue weighted by atomic mass is 19.3. The Bertz CT molecular complexity index is 993. The predicted octanol–water partition coefficient (Wildman–Crippen LogP) is 4.98. The lowest BCUT2D eigenvalue weighted by Crippen LogP contribution is -2.29. The summed E-state index contributed by atoms with van der Waals surface area (Å²) in [6, 6.07) is 3.64. The smallest absolute Gasteiger partial charge is 0.272 e. The SMILES string of the molecule is CF.Cn1cc(CC(=O)CC2CCC(CCN3CCc4ccc(OCC(F)F)nc4CC3)CC2)c(F)n1. The largest absolute Gasteiger partial charge is 0.472 e. The molecule has 1 saturated carbocycles. The van der Waals surface area contributed by atoms with E-state index in [1.54, 1.807) is 19.3 Å². The van der Waals surface area contributed by atoms with Crippen molar-refractivity contribution in [1.29, 1.82) is 0 Å². The highest BCUT2D eigenvalue weighted by Gasteiger charge is 2.25. The van der Waals surface area contributed by atoms with E-state index in [1.165, 1.54) is 10.2 Å². The Morgan fingerprint density at radius 1 is 1.11 bits per heavy atom. The van der Waals surface area contributed by atoms with Crippen molar-refractivity contribution < 1.29 is 27.1 Å². The van der Waals surface area contributed by atoms with Gasteiger partial charge in [-0.15, -0.1) is 5.10 Å². The minimum Gasteiger partial charge on any atom is -0.472 e. The molecule has 0 radical (unpaired) electrons. The van der Waals surface area contributed by atoms with E-state index in [2.05, 4.69) is 15.0 Å². The van der Waals surface area contributed by atoms with Crippen molar-refractivity contribution in [1.82, 2.24) is 19.7 Å². The molecule has 0 aromatic carbocycles. The van der Waals surface area contributed by atoms with Crippen molar-refractivity contribution in [2.75, 3.05) is 33.4 Å². The number of carbonyl (C=O) groups is 1. The van der Waals surface area contributed by atoms with Gasteiger partial charge in [-0.05, 0) is 49.6 Å². The van der Waals surface area contributed by atoms with Gasteiger partial charge in [-0.25, -0.2) is 13.8 Å². The molecule has 2 aromatic heterocycles. The van der Waals surface area contributed by atoms with Crippen molar-refractivity contribution >= 4 is 5.78 Å². The van der Waals surface area contributed by atoms with Gasteiger partial charge in [0.1, 0.15) is 5.78 Å². The summed E-state index contributed by atoms with van der Waals surface area (Å²) in [5, 5.41) is 3.67. The van der Waals surface area contributed by atoms with E-state index in [1.807, 2.05) is 6.07 Å². The second kappa shape index (κ2) is 14.4. The van der Waals surface area contributed by atoms with Gasteiger partial charge in [0.05, 0.1) is 7.18 Å². The molecule has 3 heterocycles. The number of ether oxygens (including phenoxy) is 1.